The van der Waals surface area contributed by atoms with Crippen molar-refractivity contribution in [2.24, 2.45) is 27.6 Å². The molecule has 2 aliphatic carbocycles. The lowest BCUT2D eigenvalue weighted by atomic mass is 9.57. The number of carbonyl (C=O) groups excluding carboxylic acids is 3. The highest BCUT2D eigenvalue weighted by Gasteiger charge is 2.71. The number of ketones is 1. The van der Waals surface area contributed by atoms with Crippen LogP contribution in [0.25, 0.3) is 0 Å². The fourth-order valence-electron chi connectivity index (χ4n) is 9.50. The molecule has 63 heavy (non-hydrogen) atoms. The van der Waals surface area contributed by atoms with Gasteiger partial charge in [0.25, 0.3) is 0 Å². The summed E-state index contributed by atoms with van der Waals surface area (Å²) in [5, 5.41) is 0. The highest BCUT2D eigenvalue weighted by Crippen LogP contribution is 2.69. The second-order valence-electron chi connectivity index (χ2n) is 18.7. The Labute approximate surface area is 368 Å². The van der Waals surface area contributed by atoms with Crippen LogP contribution in [-0.4, -0.2) is 17.7 Å². The fourth-order valence-corrected chi connectivity index (χ4v) is 9.50. The van der Waals surface area contributed by atoms with Gasteiger partial charge in [0, 0.05) is 22.5 Å². The van der Waals surface area contributed by atoms with Crippen LogP contribution in [-0.2, 0) is 30.0 Å². The second kappa shape index (κ2) is 17.1. The molecular formula is C55H53F3O5. The van der Waals surface area contributed by atoms with Gasteiger partial charge in [-0.25, -0.2) is 0 Å². The van der Waals surface area contributed by atoms with Crippen molar-refractivity contribution in [3.05, 3.63) is 215 Å². The van der Waals surface area contributed by atoms with Crippen LogP contribution in [0, 0.1) is 27.6 Å². The summed E-state index contributed by atoms with van der Waals surface area (Å²) in [7, 11) is 0. The fraction of sp³-hybridized carbons (Fsp3) is 0.291. The summed E-state index contributed by atoms with van der Waals surface area (Å²) >= 11 is 0. The maximum atomic E-state index is 16.1. The molecule has 1 saturated carbocycles. The molecular weight excluding hydrogens is 798 g/mol. The van der Waals surface area contributed by atoms with Crippen LogP contribution >= 0.6 is 0 Å². The third kappa shape index (κ3) is 8.48. The Bertz CT molecular complexity index is 2320. The van der Waals surface area contributed by atoms with Gasteiger partial charge in [0.1, 0.15) is 0 Å². The highest BCUT2D eigenvalue weighted by molar-refractivity contribution is 6.11. The van der Waals surface area contributed by atoms with Gasteiger partial charge in [-0.1, -0.05) is 199 Å². The standard InChI is InChI=1S/C55H53F3O5/c1-8-40-33-54(49(60)62-46(36-23-13-9-14-24-36)37-25-15-10-16-26-37,50(61)63-47(38-27-17-11-18-28-38)39-29-19-12-20-30-39)48(41-31-21-22-32-42(41)55(56,57)58)53(40)34-43(51(2,3)4)45(59)44(35-53)52(5,6)7/h8-32,34-35,40,46-48H,1,33H2,2-7H3/t40-,48-/m1/s1. The first-order chi connectivity index (χ1) is 29.8. The van der Waals surface area contributed by atoms with Crippen LogP contribution in [0.4, 0.5) is 13.2 Å². The molecule has 0 heterocycles. The van der Waals surface area contributed by atoms with Gasteiger partial charge in [0.05, 0.1) is 5.56 Å². The largest absolute Gasteiger partial charge is 0.452 e. The van der Waals surface area contributed by atoms with Crippen molar-refractivity contribution in [2.75, 3.05) is 0 Å². The van der Waals surface area contributed by atoms with Gasteiger partial charge < -0.3 is 9.47 Å². The molecule has 0 aromatic heterocycles. The molecule has 5 aromatic carbocycles. The third-order valence-corrected chi connectivity index (χ3v) is 12.5. The third-order valence-electron chi connectivity index (χ3n) is 12.5. The molecule has 0 N–H and O–H groups in total. The zero-order valence-electron chi connectivity index (χ0n) is 36.5. The lowest BCUT2D eigenvalue weighted by Crippen LogP contribution is -2.48. The number of ether oxygens (including phenoxy) is 2. The van der Waals surface area contributed by atoms with E-state index in [9.17, 15) is 4.79 Å². The van der Waals surface area contributed by atoms with Gasteiger partial charge in [-0.05, 0) is 57.1 Å². The number of hydrogen-bond acceptors (Lipinski definition) is 5. The molecule has 8 heteroatoms. The zero-order chi connectivity index (χ0) is 45.4. The Morgan fingerprint density at radius 3 is 1.29 bits per heavy atom. The smallest absolute Gasteiger partial charge is 0.416 e. The van der Waals surface area contributed by atoms with Crippen LogP contribution < -0.4 is 0 Å². The average molecular weight is 851 g/mol. The van der Waals surface area contributed by atoms with E-state index in [0.29, 0.717) is 33.4 Å². The normalized spacial score (nSPS) is 18.5. The topological polar surface area (TPSA) is 69.7 Å². The molecule has 0 radical (unpaired) electrons. The second-order valence-corrected chi connectivity index (χ2v) is 18.7. The van der Waals surface area contributed by atoms with Gasteiger partial charge in [0.15, 0.2) is 23.4 Å². The van der Waals surface area contributed by atoms with Crippen LogP contribution in [0.3, 0.4) is 0 Å². The lowest BCUT2D eigenvalue weighted by Gasteiger charge is -2.45. The number of hydrogen-bond donors (Lipinski definition) is 0. The molecule has 0 bridgehead atoms. The molecule has 0 unspecified atom stereocenters. The minimum absolute atomic E-state index is 0.254. The molecule has 1 spiro atoms. The summed E-state index contributed by atoms with van der Waals surface area (Å²) in [5.41, 5.74) is -3.98. The maximum absolute atomic E-state index is 16.1. The summed E-state index contributed by atoms with van der Waals surface area (Å²) in [6, 6.07) is 41.1. The first-order valence-corrected chi connectivity index (χ1v) is 21.2. The number of carbonyl (C=O) groups is 3. The Balaban J connectivity index is 1.59. The Morgan fingerprint density at radius 1 is 0.603 bits per heavy atom. The molecule has 0 amide bonds. The highest BCUT2D eigenvalue weighted by atomic mass is 19.4. The maximum Gasteiger partial charge on any atom is 0.416 e. The van der Waals surface area contributed by atoms with Gasteiger partial charge in [-0.2, -0.15) is 13.2 Å². The predicted octanol–water partition coefficient (Wildman–Crippen LogP) is 13.2. The van der Waals surface area contributed by atoms with E-state index < -0.39 is 69.4 Å². The van der Waals surface area contributed by atoms with Gasteiger partial charge >= 0.3 is 18.1 Å². The molecule has 2 atom stereocenters. The van der Waals surface area contributed by atoms with Crippen molar-refractivity contribution in [3.8, 4) is 0 Å². The van der Waals surface area contributed by atoms with Gasteiger partial charge in [0.2, 0.25) is 0 Å². The lowest BCUT2D eigenvalue weighted by molar-refractivity contribution is -0.179. The first kappa shape index (κ1) is 44.8. The minimum Gasteiger partial charge on any atom is -0.452 e. The first-order valence-electron chi connectivity index (χ1n) is 21.2. The van der Waals surface area contributed by atoms with Crippen molar-refractivity contribution in [3.63, 3.8) is 0 Å². The number of alkyl halides is 3. The minimum atomic E-state index is -4.92. The summed E-state index contributed by atoms with van der Waals surface area (Å²) in [6.07, 6.45) is -2.40. The van der Waals surface area contributed by atoms with E-state index in [1.165, 1.54) is 18.2 Å². The number of benzene rings is 5. The number of esters is 2. The van der Waals surface area contributed by atoms with E-state index in [-0.39, 0.29) is 17.8 Å². The van der Waals surface area contributed by atoms with Crippen LogP contribution in [0.5, 0.6) is 0 Å². The number of Topliss-reactive ketones (excluding diaryl/α,β-unsaturated/α-hetero) is 1. The zero-order valence-corrected chi connectivity index (χ0v) is 36.5. The number of rotatable bonds is 10. The Kier molecular flexibility index (Phi) is 12.2. The van der Waals surface area contributed by atoms with E-state index in [1.807, 2.05) is 65.8 Å². The summed E-state index contributed by atoms with van der Waals surface area (Å²) in [5.74, 6) is -4.90. The van der Waals surface area contributed by atoms with Crippen LogP contribution in [0.2, 0.25) is 0 Å². The van der Waals surface area contributed by atoms with E-state index in [0.717, 1.165) is 6.07 Å². The SMILES string of the molecule is C=C[C@@H]1CC(C(=O)OC(c2ccccc2)c2ccccc2)(C(=O)OC(c2ccccc2)c2ccccc2)[C@H](c2ccccc2C(F)(F)F)C12C=C(C(C)(C)C)C(=O)C(C(C)(C)C)=C2. The monoisotopic (exact) mass is 850 g/mol. The molecule has 2 aliphatic rings. The summed E-state index contributed by atoms with van der Waals surface area (Å²) < 4.78 is 60.3. The molecule has 0 saturated heterocycles. The van der Waals surface area contributed by atoms with E-state index in [2.05, 4.69) is 6.58 Å². The van der Waals surface area contributed by atoms with E-state index in [4.69, 9.17) is 9.47 Å². The molecule has 1 fully saturated rings. The molecule has 5 nitrogen and oxygen atoms in total. The van der Waals surface area contributed by atoms with Gasteiger partial charge in [-0.15, -0.1) is 6.58 Å². The van der Waals surface area contributed by atoms with E-state index >= 15 is 22.8 Å². The van der Waals surface area contributed by atoms with Gasteiger partial charge in [-0.3, -0.25) is 14.4 Å². The molecule has 7 rings (SSSR count). The van der Waals surface area contributed by atoms with Crippen molar-refractivity contribution >= 4 is 17.7 Å². The van der Waals surface area contributed by atoms with Crippen molar-refractivity contribution in [1.29, 1.82) is 0 Å². The Hall–Kier alpha value is -6.28. The van der Waals surface area contributed by atoms with E-state index in [1.54, 1.807) is 115 Å². The van der Waals surface area contributed by atoms with Crippen LogP contribution in [0.1, 0.15) is 99.5 Å². The quantitative estimate of drug-likeness (QED) is 0.0795. The van der Waals surface area contributed by atoms with Crippen molar-refractivity contribution in [2.45, 2.75) is 72.3 Å². The Morgan fingerprint density at radius 2 is 0.952 bits per heavy atom. The summed E-state index contributed by atoms with van der Waals surface area (Å²) in [6.45, 7) is 15.4. The predicted molar refractivity (Wildman–Crippen MR) is 239 cm³/mol. The molecule has 324 valence electrons. The van der Waals surface area contributed by atoms with Crippen molar-refractivity contribution in [1.82, 2.24) is 0 Å². The summed E-state index contributed by atoms with van der Waals surface area (Å²) in [4.78, 5) is 46.9. The average Bonchev–Trinajstić information content (AvgIpc) is 3.55. The number of allylic oxidation sites excluding steroid dienone is 5. The van der Waals surface area contributed by atoms with Crippen LogP contribution in [0.15, 0.2) is 182 Å². The number of halogens is 3. The van der Waals surface area contributed by atoms with Crippen molar-refractivity contribution < 1.29 is 37.0 Å². The molecule has 0 aliphatic heterocycles. The molecule has 5 aromatic rings.